The zero-order chi connectivity index (χ0) is 21.7. The van der Waals surface area contributed by atoms with Gasteiger partial charge in [0, 0.05) is 66.7 Å². The summed E-state index contributed by atoms with van der Waals surface area (Å²) in [6.07, 6.45) is 9.78. The van der Waals surface area contributed by atoms with Crippen molar-refractivity contribution in [1.82, 2.24) is 29.3 Å². The van der Waals surface area contributed by atoms with E-state index in [-0.39, 0.29) is 0 Å². The zero-order valence-electron chi connectivity index (χ0n) is 18.0. The molecule has 0 fully saturated rings. The van der Waals surface area contributed by atoms with Gasteiger partial charge in [0.1, 0.15) is 17.3 Å². The first-order valence-corrected chi connectivity index (χ1v) is 10.9. The summed E-state index contributed by atoms with van der Waals surface area (Å²) >= 11 is 0. The quantitative estimate of drug-likeness (QED) is 0.420. The zero-order valence-corrected chi connectivity index (χ0v) is 18.0. The van der Waals surface area contributed by atoms with Crippen LogP contribution in [0.1, 0.15) is 25.3 Å². The largest absolute Gasteiger partial charge is 0.334 e. The van der Waals surface area contributed by atoms with E-state index in [9.17, 15) is 0 Å². The first-order chi connectivity index (χ1) is 15.7. The van der Waals surface area contributed by atoms with Crippen LogP contribution in [0, 0.1) is 0 Å². The van der Waals surface area contributed by atoms with Crippen molar-refractivity contribution in [3.63, 3.8) is 0 Å². The van der Waals surface area contributed by atoms with Gasteiger partial charge in [0.05, 0.1) is 11.0 Å². The Bertz CT molecular complexity index is 1430. The van der Waals surface area contributed by atoms with Gasteiger partial charge in [0.15, 0.2) is 0 Å². The minimum absolute atomic E-state index is 0.593. The number of rotatable bonds is 5. The molecule has 5 aromatic rings. The molecule has 5 aromatic heterocycles. The summed E-state index contributed by atoms with van der Waals surface area (Å²) in [6.45, 7) is 6.15. The molecule has 1 N–H and O–H groups in total. The number of aryl methyl sites for hydroxylation is 1. The summed E-state index contributed by atoms with van der Waals surface area (Å²) < 4.78 is 4.19. The van der Waals surface area contributed by atoms with Gasteiger partial charge in [-0.15, -0.1) is 0 Å². The Balaban J connectivity index is 1.39. The van der Waals surface area contributed by atoms with Crippen LogP contribution in [0.3, 0.4) is 0 Å². The van der Waals surface area contributed by atoms with E-state index in [0.717, 1.165) is 58.1 Å². The molecular formula is C25H23N7. The minimum atomic E-state index is 0.593. The van der Waals surface area contributed by atoms with Crippen LogP contribution in [0.2, 0.25) is 0 Å². The molecule has 6 rings (SSSR count). The molecule has 158 valence electrons. The maximum Gasteiger partial charge on any atom is 0.132 e. The van der Waals surface area contributed by atoms with Crippen LogP contribution in [0.25, 0.3) is 33.4 Å². The van der Waals surface area contributed by atoms with Gasteiger partial charge in [-0.25, -0.2) is 4.98 Å². The van der Waals surface area contributed by atoms with Crippen molar-refractivity contribution in [3.8, 4) is 22.4 Å². The van der Waals surface area contributed by atoms with E-state index in [1.165, 1.54) is 5.56 Å². The molecule has 0 radical (unpaired) electrons. The van der Waals surface area contributed by atoms with Gasteiger partial charge in [0.2, 0.25) is 0 Å². The van der Waals surface area contributed by atoms with Gasteiger partial charge >= 0.3 is 0 Å². The van der Waals surface area contributed by atoms with Crippen LogP contribution >= 0.6 is 0 Å². The van der Waals surface area contributed by atoms with Gasteiger partial charge in [-0.1, -0.05) is 6.92 Å². The summed E-state index contributed by atoms with van der Waals surface area (Å²) in [5, 5.41) is 8.23. The Morgan fingerprint density at radius 1 is 1.06 bits per heavy atom. The van der Waals surface area contributed by atoms with Crippen LogP contribution in [0.15, 0.2) is 67.4 Å². The van der Waals surface area contributed by atoms with Gasteiger partial charge in [-0.3, -0.25) is 14.6 Å². The maximum atomic E-state index is 4.85. The number of aromatic nitrogens is 6. The molecule has 0 saturated heterocycles. The third-order valence-corrected chi connectivity index (χ3v) is 6.08. The molecule has 0 aliphatic carbocycles. The lowest BCUT2D eigenvalue weighted by Gasteiger charge is -2.14. The highest BCUT2D eigenvalue weighted by atomic mass is 15.3. The lowest BCUT2D eigenvalue weighted by molar-refractivity contribution is 0.644. The van der Waals surface area contributed by atoms with E-state index >= 15 is 0 Å². The number of hydrogen-bond donors (Lipinski definition) is 1. The summed E-state index contributed by atoms with van der Waals surface area (Å²) in [7, 11) is 0. The van der Waals surface area contributed by atoms with Gasteiger partial charge in [-0.2, -0.15) is 5.10 Å². The predicted molar refractivity (Wildman–Crippen MR) is 126 cm³/mol. The molecule has 1 aliphatic rings. The average Bonchev–Trinajstić information content (AvgIpc) is 3.53. The first kappa shape index (κ1) is 18.7. The molecule has 32 heavy (non-hydrogen) atoms. The van der Waals surface area contributed by atoms with Crippen LogP contribution in [0.5, 0.6) is 0 Å². The third kappa shape index (κ3) is 3.13. The average molecular weight is 422 g/mol. The third-order valence-electron chi connectivity index (χ3n) is 6.08. The molecule has 1 atom stereocenters. The van der Waals surface area contributed by atoms with Gasteiger partial charge in [-0.05, 0) is 48.9 Å². The number of hydrogen-bond acceptors (Lipinski definition) is 5. The van der Waals surface area contributed by atoms with E-state index in [2.05, 4.69) is 58.2 Å². The van der Waals surface area contributed by atoms with E-state index in [1.54, 1.807) is 6.20 Å². The number of nitrogens with one attached hydrogen (secondary N) is 1. The molecule has 7 nitrogen and oxygen atoms in total. The topological polar surface area (TPSA) is 73.5 Å². The number of nitrogens with zero attached hydrogens (tertiary/aromatic N) is 6. The molecule has 6 heterocycles. The van der Waals surface area contributed by atoms with Crippen LogP contribution < -0.4 is 5.32 Å². The van der Waals surface area contributed by atoms with Crippen molar-refractivity contribution in [2.24, 2.45) is 0 Å². The Hall–Kier alpha value is -4.00. The summed E-state index contributed by atoms with van der Waals surface area (Å²) in [5.41, 5.74) is 6.97. The molecule has 7 heteroatoms. The fourth-order valence-corrected chi connectivity index (χ4v) is 4.32. The molecule has 0 amide bonds. The highest BCUT2D eigenvalue weighted by Gasteiger charge is 2.20. The van der Waals surface area contributed by atoms with E-state index in [0.29, 0.717) is 5.92 Å². The van der Waals surface area contributed by atoms with Crippen LogP contribution in [-0.2, 0) is 13.1 Å². The second-order valence-electron chi connectivity index (χ2n) is 8.28. The van der Waals surface area contributed by atoms with Crippen molar-refractivity contribution in [2.45, 2.75) is 32.9 Å². The SMILES string of the molecule is CCn1cc(-c2cnc3ccc(Nc4cc5cn4CC5C)nc3c2)c(-c2cccnc2)n1. The second kappa shape index (κ2) is 7.30. The molecule has 0 saturated carbocycles. The maximum absolute atomic E-state index is 4.85. The van der Waals surface area contributed by atoms with Crippen LogP contribution in [0.4, 0.5) is 11.6 Å². The summed E-state index contributed by atoms with van der Waals surface area (Å²) in [6, 6.07) is 12.2. The van der Waals surface area contributed by atoms with Crippen molar-refractivity contribution in [2.75, 3.05) is 5.32 Å². The number of anilines is 2. The van der Waals surface area contributed by atoms with E-state index < -0.39 is 0 Å². The Labute approximate surface area is 185 Å². The second-order valence-corrected chi connectivity index (χ2v) is 8.28. The van der Waals surface area contributed by atoms with E-state index in [4.69, 9.17) is 10.1 Å². The highest BCUT2D eigenvalue weighted by molar-refractivity contribution is 5.86. The first-order valence-electron chi connectivity index (χ1n) is 10.9. The minimum Gasteiger partial charge on any atom is -0.334 e. The van der Waals surface area contributed by atoms with Crippen molar-refractivity contribution >= 4 is 22.7 Å². The monoisotopic (exact) mass is 421 g/mol. The lowest BCUT2D eigenvalue weighted by atomic mass is 10.0. The molecular weight excluding hydrogens is 398 g/mol. The van der Waals surface area contributed by atoms with Crippen molar-refractivity contribution in [3.05, 3.63) is 72.9 Å². The fourth-order valence-electron chi connectivity index (χ4n) is 4.32. The van der Waals surface area contributed by atoms with E-state index in [1.807, 2.05) is 41.3 Å². The van der Waals surface area contributed by atoms with Crippen molar-refractivity contribution < 1.29 is 0 Å². The number of pyridine rings is 3. The predicted octanol–water partition coefficient (Wildman–Crippen LogP) is 5.24. The fraction of sp³-hybridized carbons (Fsp3) is 0.200. The molecule has 1 unspecified atom stereocenters. The summed E-state index contributed by atoms with van der Waals surface area (Å²) in [5.74, 6) is 2.49. The molecule has 2 bridgehead atoms. The molecule has 0 aromatic carbocycles. The standard InChI is InChI=1S/C25H23N7/c1-3-32-15-20(25(30-32)17-5-4-8-26-11-17)18-9-22-21(27-12-18)6-7-23(28-22)29-24-10-19-14-31(24)13-16(19)2/h4-12,14-16H,3,13H2,1-2H3,(H,28,29). The van der Waals surface area contributed by atoms with Gasteiger partial charge < -0.3 is 9.88 Å². The molecule has 0 spiro atoms. The summed E-state index contributed by atoms with van der Waals surface area (Å²) in [4.78, 5) is 13.8. The smallest absolute Gasteiger partial charge is 0.132 e. The highest BCUT2D eigenvalue weighted by Crippen LogP contribution is 2.34. The van der Waals surface area contributed by atoms with Crippen molar-refractivity contribution in [1.29, 1.82) is 0 Å². The van der Waals surface area contributed by atoms with Crippen LogP contribution in [-0.4, -0.2) is 29.3 Å². The Morgan fingerprint density at radius 3 is 2.75 bits per heavy atom. The normalized spacial score (nSPS) is 14.9. The lowest BCUT2D eigenvalue weighted by Crippen LogP contribution is -2.06. The Kier molecular flexibility index (Phi) is 4.28. The molecule has 1 aliphatic heterocycles. The number of fused-ring (bicyclic) bond motifs is 3. The Morgan fingerprint density at radius 2 is 2.00 bits per heavy atom. The van der Waals surface area contributed by atoms with Gasteiger partial charge in [0.25, 0.3) is 0 Å².